The molecule has 2 aromatic carbocycles. The smallest absolute Gasteiger partial charge is 0.229 e. The van der Waals surface area contributed by atoms with Gasteiger partial charge in [0.2, 0.25) is 11.8 Å². The standard InChI is InChI=1S/C19H17ClN2O4/c20-13-2-1-3-14(9-13)21-19(24)12-8-18(23)22(11-12)15-4-5-16-17(10-15)26-7-6-25-16/h1-5,9-10,12H,6-8,11H2,(H,21,24)/t12-/m0/s1. The van der Waals surface area contributed by atoms with E-state index >= 15 is 0 Å². The molecule has 1 saturated heterocycles. The monoisotopic (exact) mass is 372 g/mol. The molecule has 0 aliphatic carbocycles. The lowest BCUT2D eigenvalue weighted by molar-refractivity contribution is -0.122. The normalized spacial score (nSPS) is 18.7. The van der Waals surface area contributed by atoms with E-state index in [9.17, 15) is 9.59 Å². The number of nitrogens with one attached hydrogen (secondary N) is 1. The number of rotatable bonds is 3. The number of hydrogen-bond donors (Lipinski definition) is 1. The van der Waals surface area contributed by atoms with Gasteiger partial charge in [-0.1, -0.05) is 17.7 Å². The highest BCUT2D eigenvalue weighted by molar-refractivity contribution is 6.30. The summed E-state index contributed by atoms with van der Waals surface area (Å²) in [5.41, 5.74) is 1.32. The van der Waals surface area contributed by atoms with Crippen molar-refractivity contribution in [2.24, 2.45) is 5.92 Å². The zero-order valence-electron chi connectivity index (χ0n) is 13.9. The van der Waals surface area contributed by atoms with Crippen molar-refractivity contribution in [1.82, 2.24) is 0 Å². The van der Waals surface area contributed by atoms with Crippen LogP contribution in [0.5, 0.6) is 11.5 Å². The fourth-order valence-electron chi connectivity index (χ4n) is 3.14. The second-order valence-corrected chi connectivity index (χ2v) is 6.67. The highest BCUT2D eigenvalue weighted by Crippen LogP contribution is 2.36. The maximum absolute atomic E-state index is 12.5. The minimum absolute atomic E-state index is 0.0899. The minimum Gasteiger partial charge on any atom is -0.486 e. The van der Waals surface area contributed by atoms with Crippen LogP contribution in [-0.4, -0.2) is 31.6 Å². The molecule has 2 aliphatic rings. The van der Waals surface area contributed by atoms with Crippen molar-refractivity contribution in [3.8, 4) is 11.5 Å². The number of hydrogen-bond acceptors (Lipinski definition) is 4. The second-order valence-electron chi connectivity index (χ2n) is 6.23. The molecular formula is C19H17ClN2O4. The lowest BCUT2D eigenvalue weighted by Crippen LogP contribution is -2.28. The van der Waals surface area contributed by atoms with Gasteiger partial charge in [0.15, 0.2) is 11.5 Å². The van der Waals surface area contributed by atoms with Gasteiger partial charge in [-0.2, -0.15) is 0 Å². The first-order valence-electron chi connectivity index (χ1n) is 8.36. The van der Waals surface area contributed by atoms with E-state index in [2.05, 4.69) is 5.32 Å². The Balaban J connectivity index is 1.47. The summed E-state index contributed by atoms with van der Waals surface area (Å²) in [6.07, 6.45) is 0.168. The summed E-state index contributed by atoms with van der Waals surface area (Å²) in [6, 6.07) is 12.3. The van der Waals surface area contributed by atoms with E-state index in [1.807, 2.05) is 6.07 Å². The first kappa shape index (κ1) is 16.7. The predicted octanol–water partition coefficient (Wildman–Crippen LogP) is 3.10. The molecule has 2 amide bonds. The quantitative estimate of drug-likeness (QED) is 0.899. The minimum atomic E-state index is -0.422. The van der Waals surface area contributed by atoms with E-state index in [4.69, 9.17) is 21.1 Å². The summed E-state index contributed by atoms with van der Waals surface area (Å²) >= 11 is 5.94. The lowest BCUT2D eigenvalue weighted by Gasteiger charge is -2.22. The highest BCUT2D eigenvalue weighted by Gasteiger charge is 2.35. The fourth-order valence-corrected chi connectivity index (χ4v) is 3.33. The third-order valence-corrected chi connectivity index (χ3v) is 4.66. The van der Waals surface area contributed by atoms with Crippen LogP contribution in [0.2, 0.25) is 5.02 Å². The van der Waals surface area contributed by atoms with Gasteiger partial charge in [-0.25, -0.2) is 0 Å². The number of anilines is 2. The topological polar surface area (TPSA) is 67.9 Å². The number of benzene rings is 2. The Kier molecular flexibility index (Phi) is 4.42. The van der Waals surface area contributed by atoms with Crippen LogP contribution >= 0.6 is 11.6 Å². The molecule has 0 bridgehead atoms. The van der Waals surface area contributed by atoms with Gasteiger partial charge in [0.1, 0.15) is 13.2 Å². The molecule has 0 radical (unpaired) electrons. The van der Waals surface area contributed by atoms with Crippen molar-refractivity contribution in [3.05, 3.63) is 47.5 Å². The van der Waals surface area contributed by atoms with E-state index in [-0.39, 0.29) is 18.2 Å². The largest absolute Gasteiger partial charge is 0.486 e. The Morgan fingerprint density at radius 1 is 1.12 bits per heavy atom. The number of ether oxygens (including phenoxy) is 2. The number of nitrogens with zero attached hydrogens (tertiary/aromatic N) is 1. The van der Waals surface area contributed by atoms with Crippen molar-refractivity contribution in [2.45, 2.75) is 6.42 Å². The third kappa shape index (κ3) is 3.32. The third-order valence-electron chi connectivity index (χ3n) is 4.43. The molecule has 1 atom stereocenters. The van der Waals surface area contributed by atoms with Crippen molar-refractivity contribution >= 4 is 34.8 Å². The van der Waals surface area contributed by atoms with E-state index in [1.165, 1.54) is 0 Å². The molecular weight excluding hydrogens is 356 g/mol. The van der Waals surface area contributed by atoms with Crippen LogP contribution in [0.15, 0.2) is 42.5 Å². The van der Waals surface area contributed by atoms with Gasteiger partial charge in [-0.15, -0.1) is 0 Å². The number of halogens is 1. The van der Waals surface area contributed by atoms with Gasteiger partial charge in [0.25, 0.3) is 0 Å². The molecule has 7 heteroatoms. The molecule has 4 rings (SSSR count). The molecule has 2 heterocycles. The molecule has 2 aliphatic heterocycles. The average molecular weight is 373 g/mol. The molecule has 26 heavy (non-hydrogen) atoms. The molecule has 1 N–H and O–H groups in total. The molecule has 134 valence electrons. The van der Waals surface area contributed by atoms with E-state index in [0.717, 1.165) is 0 Å². The van der Waals surface area contributed by atoms with Crippen molar-refractivity contribution in [3.63, 3.8) is 0 Å². The van der Waals surface area contributed by atoms with Gasteiger partial charge >= 0.3 is 0 Å². The summed E-state index contributed by atoms with van der Waals surface area (Å²) in [5.74, 6) is 0.582. The number of fused-ring (bicyclic) bond motifs is 1. The summed E-state index contributed by atoms with van der Waals surface area (Å²) in [4.78, 5) is 26.5. The predicted molar refractivity (Wildman–Crippen MR) is 98.0 cm³/mol. The van der Waals surface area contributed by atoms with Crippen LogP contribution in [0.4, 0.5) is 11.4 Å². The molecule has 0 aromatic heterocycles. The molecule has 0 saturated carbocycles. The van der Waals surface area contributed by atoms with Gasteiger partial charge in [0.05, 0.1) is 5.92 Å². The van der Waals surface area contributed by atoms with E-state index in [1.54, 1.807) is 41.3 Å². The molecule has 2 aromatic rings. The SMILES string of the molecule is O=C(Nc1cccc(Cl)c1)[C@H]1CC(=O)N(c2ccc3c(c2)OCCO3)C1. The lowest BCUT2D eigenvalue weighted by atomic mass is 10.1. The maximum Gasteiger partial charge on any atom is 0.229 e. The molecule has 6 nitrogen and oxygen atoms in total. The van der Waals surface area contributed by atoms with Crippen LogP contribution in [0, 0.1) is 5.92 Å². The summed E-state index contributed by atoms with van der Waals surface area (Å²) in [5, 5.41) is 3.36. The Hall–Kier alpha value is -2.73. The summed E-state index contributed by atoms with van der Waals surface area (Å²) in [7, 11) is 0. The van der Waals surface area contributed by atoms with Crippen LogP contribution < -0.4 is 19.7 Å². The first-order valence-corrected chi connectivity index (χ1v) is 8.74. The Morgan fingerprint density at radius 2 is 1.92 bits per heavy atom. The second kappa shape index (κ2) is 6.88. The average Bonchev–Trinajstić information content (AvgIpc) is 3.03. The van der Waals surface area contributed by atoms with Crippen LogP contribution in [-0.2, 0) is 9.59 Å². The summed E-state index contributed by atoms with van der Waals surface area (Å²) < 4.78 is 11.1. The Morgan fingerprint density at radius 3 is 2.73 bits per heavy atom. The molecule has 0 spiro atoms. The highest BCUT2D eigenvalue weighted by atomic mass is 35.5. The Labute approximate surface area is 155 Å². The number of carbonyl (C=O) groups excluding carboxylic acids is 2. The molecule has 1 fully saturated rings. The van der Waals surface area contributed by atoms with Gasteiger partial charge < -0.3 is 19.7 Å². The fraction of sp³-hybridized carbons (Fsp3) is 0.263. The van der Waals surface area contributed by atoms with Crippen molar-refractivity contribution in [1.29, 1.82) is 0 Å². The van der Waals surface area contributed by atoms with Gasteiger partial charge in [-0.05, 0) is 30.3 Å². The number of amides is 2. The Bertz CT molecular complexity index is 870. The van der Waals surface area contributed by atoms with Gasteiger partial charge in [0, 0.05) is 35.4 Å². The zero-order valence-corrected chi connectivity index (χ0v) is 14.7. The number of carbonyl (C=O) groups is 2. The first-order chi connectivity index (χ1) is 12.6. The van der Waals surface area contributed by atoms with Gasteiger partial charge in [-0.3, -0.25) is 9.59 Å². The summed E-state index contributed by atoms with van der Waals surface area (Å²) in [6.45, 7) is 1.32. The maximum atomic E-state index is 12.5. The van der Waals surface area contributed by atoms with Crippen LogP contribution in [0.25, 0.3) is 0 Å². The van der Waals surface area contributed by atoms with E-state index in [0.29, 0.717) is 47.7 Å². The van der Waals surface area contributed by atoms with E-state index < -0.39 is 5.92 Å². The zero-order chi connectivity index (χ0) is 18.1. The van der Waals surface area contributed by atoms with Crippen LogP contribution in [0.1, 0.15) is 6.42 Å². The van der Waals surface area contributed by atoms with Crippen LogP contribution in [0.3, 0.4) is 0 Å². The van der Waals surface area contributed by atoms with Crippen molar-refractivity contribution < 1.29 is 19.1 Å². The van der Waals surface area contributed by atoms with Crippen molar-refractivity contribution in [2.75, 3.05) is 30.0 Å². The molecule has 0 unspecified atom stereocenters.